The number of carbonyl (C=O) groups is 1. The number of carbonyl (C=O) groups excluding carboxylic acids is 1. The molecule has 0 saturated heterocycles. The summed E-state index contributed by atoms with van der Waals surface area (Å²) >= 11 is 1.56. The Balaban J connectivity index is 1.56. The molecule has 0 aliphatic heterocycles. The molecule has 0 bridgehead atoms. The van der Waals surface area contributed by atoms with Gasteiger partial charge < -0.3 is 14.6 Å². The number of rotatable bonds is 8. The van der Waals surface area contributed by atoms with Crippen LogP contribution in [0.1, 0.15) is 12.8 Å². The molecule has 3 rings (SSSR count). The van der Waals surface area contributed by atoms with Gasteiger partial charge in [-0.25, -0.2) is 0 Å². The van der Waals surface area contributed by atoms with Gasteiger partial charge >= 0.3 is 0 Å². The number of methoxy groups -OCH3 is 1. The molecular weight excluding hydrogens is 352 g/mol. The largest absolute Gasteiger partial charge is 0.497 e. The molecule has 0 aliphatic rings. The first-order chi connectivity index (χ1) is 12.7. The maximum absolute atomic E-state index is 12.3. The lowest BCUT2D eigenvalue weighted by molar-refractivity contribution is -0.117. The van der Waals surface area contributed by atoms with Gasteiger partial charge in [0.05, 0.1) is 25.1 Å². The van der Waals surface area contributed by atoms with Gasteiger partial charge in [-0.3, -0.25) is 9.69 Å². The summed E-state index contributed by atoms with van der Waals surface area (Å²) in [6, 6.07) is 11.1. The molecule has 0 atom stereocenters. The molecule has 1 aromatic carbocycles. The van der Waals surface area contributed by atoms with Crippen molar-refractivity contribution in [1.82, 2.24) is 15.0 Å². The smallest absolute Gasteiger partial charge is 0.241 e. The number of anilines is 1. The number of benzene rings is 1. The lowest BCUT2D eigenvalue weighted by Crippen LogP contribution is -2.32. The Morgan fingerprint density at radius 1 is 1.31 bits per heavy atom. The molecule has 136 valence electrons. The SMILES string of the molecule is CCN(CC(=O)Nc1ccc(OC)cc1)Cc1nc(-c2cccs2)no1. The maximum Gasteiger partial charge on any atom is 0.241 e. The van der Waals surface area contributed by atoms with E-state index in [0.29, 0.717) is 24.8 Å². The van der Waals surface area contributed by atoms with Gasteiger partial charge in [-0.05, 0) is 42.3 Å². The summed E-state index contributed by atoms with van der Waals surface area (Å²) in [5, 5.41) is 8.83. The summed E-state index contributed by atoms with van der Waals surface area (Å²) in [6.07, 6.45) is 0. The van der Waals surface area contributed by atoms with Crippen molar-refractivity contribution in [3.05, 3.63) is 47.7 Å². The highest BCUT2D eigenvalue weighted by atomic mass is 32.1. The van der Waals surface area contributed by atoms with Crippen molar-refractivity contribution in [3.8, 4) is 16.5 Å². The normalized spacial score (nSPS) is 10.9. The van der Waals surface area contributed by atoms with E-state index in [1.807, 2.05) is 29.3 Å². The lowest BCUT2D eigenvalue weighted by Gasteiger charge is -2.17. The third-order valence-corrected chi connectivity index (χ3v) is 4.62. The number of nitrogens with zero attached hydrogens (tertiary/aromatic N) is 3. The fourth-order valence-corrected chi connectivity index (χ4v) is 3.02. The van der Waals surface area contributed by atoms with Crippen molar-refractivity contribution in [2.45, 2.75) is 13.5 Å². The Kier molecular flexibility index (Phi) is 5.98. The number of nitrogens with one attached hydrogen (secondary N) is 1. The van der Waals surface area contributed by atoms with E-state index in [9.17, 15) is 4.79 Å². The monoisotopic (exact) mass is 372 g/mol. The Bertz CT molecular complexity index is 831. The third kappa shape index (κ3) is 4.68. The van der Waals surface area contributed by atoms with Gasteiger partial charge in [0.25, 0.3) is 0 Å². The fraction of sp³-hybridized carbons (Fsp3) is 0.278. The molecule has 0 spiro atoms. The Hall–Kier alpha value is -2.71. The zero-order chi connectivity index (χ0) is 18.4. The topological polar surface area (TPSA) is 80.5 Å². The van der Waals surface area contributed by atoms with Crippen LogP contribution in [0.15, 0.2) is 46.3 Å². The average molecular weight is 372 g/mol. The van der Waals surface area contributed by atoms with E-state index in [1.54, 1.807) is 42.7 Å². The van der Waals surface area contributed by atoms with E-state index in [1.165, 1.54) is 0 Å². The predicted molar refractivity (Wildman–Crippen MR) is 100 cm³/mol. The van der Waals surface area contributed by atoms with E-state index in [4.69, 9.17) is 9.26 Å². The standard InChI is InChI=1S/C18H20N4O3S/c1-3-22(11-16(23)19-13-6-8-14(24-2)9-7-13)12-17-20-18(21-25-17)15-5-4-10-26-15/h4-10H,3,11-12H2,1-2H3,(H,19,23). The van der Waals surface area contributed by atoms with Crippen molar-refractivity contribution in [3.63, 3.8) is 0 Å². The van der Waals surface area contributed by atoms with Gasteiger partial charge in [0, 0.05) is 5.69 Å². The highest BCUT2D eigenvalue weighted by Gasteiger charge is 2.15. The molecule has 0 radical (unpaired) electrons. The van der Waals surface area contributed by atoms with Gasteiger partial charge in [-0.2, -0.15) is 4.98 Å². The number of hydrogen-bond donors (Lipinski definition) is 1. The summed E-state index contributed by atoms with van der Waals surface area (Å²) in [5.74, 6) is 1.72. The predicted octanol–water partition coefficient (Wildman–Crippen LogP) is 3.27. The molecule has 2 heterocycles. The summed E-state index contributed by atoms with van der Waals surface area (Å²) in [6.45, 7) is 3.33. The summed E-state index contributed by atoms with van der Waals surface area (Å²) < 4.78 is 10.4. The van der Waals surface area contributed by atoms with Crippen LogP contribution in [-0.4, -0.2) is 41.1 Å². The van der Waals surface area contributed by atoms with Crippen LogP contribution < -0.4 is 10.1 Å². The van der Waals surface area contributed by atoms with E-state index in [2.05, 4.69) is 15.5 Å². The van der Waals surface area contributed by atoms with E-state index >= 15 is 0 Å². The first kappa shape index (κ1) is 18.1. The van der Waals surface area contributed by atoms with Crippen LogP contribution in [0.4, 0.5) is 5.69 Å². The van der Waals surface area contributed by atoms with Gasteiger partial charge in [0.1, 0.15) is 5.75 Å². The molecule has 0 fully saturated rings. The van der Waals surface area contributed by atoms with Crippen LogP contribution in [0, 0.1) is 0 Å². The molecule has 0 unspecified atom stereocenters. The minimum Gasteiger partial charge on any atom is -0.497 e. The molecule has 8 heteroatoms. The third-order valence-electron chi connectivity index (χ3n) is 3.76. The van der Waals surface area contributed by atoms with Crippen LogP contribution in [0.2, 0.25) is 0 Å². The quantitative estimate of drug-likeness (QED) is 0.654. The van der Waals surface area contributed by atoms with Gasteiger partial charge in [0.2, 0.25) is 17.6 Å². The zero-order valence-electron chi connectivity index (χ0n) is 14.6. The average Bonchev–Trinajstić information content (AvgIpc) is 3.33. The van der Waals surface area contributed by atoms with Crippen LogP contribution in [0.25, 0.3) is 10.7 Å². The van der Waals surface area contributed by atoms with Crippen molar-refractivity contribution in [2.75, 3.05) is 25.5 Å². The first-order valence-electron chi connectivity index (χ1n) is 8.20. The van der Waals surface area contributed by atoms with Gasteiger partial charge in [-0.1, -0.05) is 18.1 Å². The van der Waals surface area contributed by atoms with Crippen molar-refractivity contribution >= 4 is 22.9 Å². The molecule has 0 saturated carbocycles. The first-order valence-corrected chi connectivity index (χ1v) is 9.08. The Labute approximate surface area is 155 Å². The van der Waals surface area contributed by atoms with Crippen LogP contribution in [-0.2, 0) is 11.3 Å². The van der Waals surface area contributed by atoms with Crippen molar-refractivity contribution < 1.29 is 14.1 Å². The summed E-state index contributed by atoms with van der Waals surface area (Å²) in [7, 11) is 1.61. The number of hydrogen-bond acceptors (Lipinski definition) is 7. The van der Waals surface area contributed by atoms with Crippen LogP contribution in [0.5, 0.6) is 5.75 Å². The van der Waals surface area contributed by atoms with E-state index < -0.39 is 0 Å². The second-order valence-electron chi connectivity index (χ2n) is 5.57. The number of likely N-dealkylation sites (N-methyl/N-ethyl adjacent to an activating group) is 1. The molecule has 26 heavy (non-hydrogen) atoms. The van der Waals surface area contributed by atoms with Crippen LogP contribution in [0.3, 0.4) is 0 Å². The second-order valence-corrected chi connectivity index (χ2v) is 6.52. The zero-order valence-corrected chi connectivity index (χ0v) is 15.5. The summed E-state index contributed by atoms with van der Waals surface area (Å²) in [4.78, 5) is 19.6. The van der Waals surface area contributed by atoms with E-state index in [0.717, 1.165) is 16.3 Å². The molecule has 2 aromatic heterocycles. The molecule has 0 aliphatic carbocycles. The molecule has 1 N–H and O–H groups in total. The molecular formula is C18H20N4O3S. The Morgan fingerprint density at radius 2 is 2.12 bits per heavy atom. The van der Waals surface area contributed by atoms with Crippen molar-refractivity contribution in [2.24, 2.45) is 0 Å². The highest BCUT2D eigenvalue weighted by Crippen LogP contribution is 2.21. The maximum atomic E-state index is 12.3. The van der Waals surface area contributed by atoms with Gasteiger partial charge in [-0.15, -0.1) is 11.3 Å². The Morgan fingerprint density at radius 3 is 2.77 bits per heavy atom. The van der Waals surface area contributed by atoms with Gasteiger partial charge in [0.15, 0.2) is 0 Å². The fourth-order valence-electron chi connectivity index (χ4n) is 2.37. The second kappa shape index (κ2) is 8.59. The van der Waals surface area contributed by atoms with E-state index in [-0.39, 0.29) is 12.5 Å². The number of amides is 1. The minimum absolute atomic E-state index is 0.102. The number of ether oxygens (including phenoxy) is 1. The number of thiophene rings is 1. The molecule has 7 nitrogen and oxygen atoms in total. The van der Waals surface area contributed by atoms with Crippen LogP contribution >= 0.6 is 11.3 Å². The van der Waals surface area contributed by atoms with Crippen molar-refractivity contribution in [1.29, 1.82) is 0 Å². The number of aromatic nitrogens is 2. The summed E-state index contributed by atoms with van der Waals surface area (Å²) in [5.41, 5.74) is 0.727. The minimum atomic E-state index is -0.102. The molecule has 1 amide bonds. The molecule has 3 aromatic rings. The lowest BCUT2D eigenvalue weighted by atomic mass is 10.3. The highest BCUT2D eigenvalue weighted by molar-refractivity contribution is 7.13.